The maximum Gasteiger partial charge on any atom is 0.203 e. The van der Waals surface area contributed by atoms with Crippen LogP contribution in [0.5, 0.6) is 0 Å². The molecule has 1 aliphatic rings. The fraction of sp³-hybridized carbons (Fsp3) is 0.304. The third kappa shape index (κ3) is 4.84. The molecule has 0 radical (unpaired) electrons. The van der Waals surface area contributed by atoms with Gasteiger partial charge in [-0.3, -0.25) is 4.79 Å². The van der Waals surface area contributed by atoms with E-state index in [0.717, 1.165) is 50.4 Å². The molecule has 2 aromatic carbocycles. The number of nitriles is 1. The maximum atomic E-state index is 12.7. The molecule has 1 fully saturated rings. The van der Waals surface area contributed by atoms with Crippen molar-refractivity contribution in [2.45, 2.75) is 19.8 Å². The van der Waals surface area contributed by atoms with Gasteiger partial charge in [-0.1, -0.05) is 49.7 Å². The second kappa shape index (κ2) is 9.16. The van der Waals surface area contributed by atoms with Crippen LogP contribution in [0.15, 0.2) is 54.1 Å². The van der Waals surface area contributed by atoms with E-state index in [9.17, 15) is 10.1 Å². The van der Waals surface area contributed by atoms with E-state index in [4.69, 9.17) is 4.74 Å². The van der Waals surface area contributed by atoms with Crippen molar-refractivity contribution in [3.8, 4) is 6.07 Å². The fourth-order valence-electron chi connectivity index (χ4n) is 3.19. The Bertz CT molecular complexity index is 839. The van der Waals surface area contributed by atoms with Crippen molar-refractivity contribution in [2.24, 2.45) is 0 Å². The fourth-order valence-corrected chi connectivity index (χ4v) is 3.19. The monoisotopic (exact) mass is 360 g/mol. The second-order valence-corrected chi connectivity index (χ2v) is 6.64. The average Bonchev–Trinajstić information content (AvgIpc) is 2.73. The van der Waals surface area contributed by atoms with Crippen LogP contribution in [0.2, 0.25) is 0 Å². The molecule has 0 N–H and O–H groups in total. The number of hydrogen-bond acceptors (Lipinski definition) is 4. The van der Waals surface area contributed by atoms with Crippen LogP contribution in [0.1, 0.15) is 34.8 Å². The molecule has 0 bridgehead atoms. The van der Waals surface area contributed by atoms with Gasteiger partial charge in [0.15, 0.2) is 0 Å². The van der Waals surface area contributed by atoms with Gasteiger partial charge >= 0.3 is 0 Å². The minimum absolute atomic E-state index is 0.150. The molecule has 0 unspecified atom stereocenters. The molecule has 1 aliphatic heterocycles. The largest absolute Gasteiger partial charge is 0.378 e. The van der Waals surface area contributed by atoms with Crippen LogP contribution in [-0.4, -0.2) is 32.1 Å². The van der Waals surface area contributed by atoms with Crippen molar-refractivity contribution in [3.63, 3.8) is 0 Å². The van der Waals surface area contributed by atoms with E-state index in [2.05, 4.69) is 17.9 Å². The zero-order valence-corrected chi connectivity index (χ0v) is 15.6. The summed E-state index contributed by atoms with van der Waals surface area (Å²) in [7, 11) is 0. The number of morpholine rings is 1. The number of Topliss-reactive ketones (excluding diaryl/α,β-unsaturated/α-hetero) is 1. The lowest BCUT2D eigenvalue weighted by Crippen LogP contribution is -2.36. The third-order valence-corrected chi connectivity index (χ3v) is 4.70. The highest BCUT2D eigenvalue weighted by molar-refractivity contribution is 6.14. The van der Waals surface area contributed by atoms with Crippen LogP contribution in [0.25, 0.3) is 6.08 Å². The number of benzene rings is 2. The first-order chi connectivity index (χ1) is 13.2. The molecular weight excluding hydrogens is 336 g/mol. The summed E-state index contributed by atoms with van der Waals surface area (Å²) in [6.45, 7) is 5.37. The number of rotatable bonds is 6. The summed E-state index contributed by atoms with van der Waals surface area (Å²) in [5.74, 6) is -0.238. The lowest BCUT2D eigenvalue weighted by atomic mass is 10.00. The summed E-state index contributed by atoms with van der Waals surface area (Å²) >= 11 is 0. The SMILES string of the molecule is CCCc1ccc(C(=O)/C(C#N)=C/c2ccc(N3CCOCC3)cc2)cc1. The highest BCUT2D eigenvalue weighted by Gasteiger charge is 2.13. The topological polar surface area (TPSA) is 53.3 Å². The number of ether oxygens (including phenoxy) is 1. The number of aryl methyl sites for hydroxylation is 1. The summed E-state index contributed by atoms with van der Waals surface area (Å²) in [5.41, 5.74) is 3.88. The minimum Gasteiger partial charge on any atom is -0.378 e. The summed E-state index contributed by atoms with van der Waals surface area (Å²) in [6, 6.07) is 17.5. The van der Waals surface area contributed by atoms with Crippen LogP contribution >= 0.6 is 0 Å². The highest BCUT2D eigenvalue weighted by atomic mass is 16.5. The number of ketones is 1. The number of nitrogens with zero attached hydrogens (tertiary/aromatic N) is 2. The first-order valence-electron chi connectivity index (χ1n) is 9.39. The third-order valence-electron chi connectivity index (χ3n) is 4.70. The van der Waals surface area contributed by atoms with Crippen molar-refractivity contribution in [1.29, 1.82) is 5.26 Å². The normalized spacial score (nSPS) is 14.7. The molecule has 138 valence electrons. The van der Waals surface area contributed by atoms with E-state index in [-0.39, 0.29) is 11.4 Å². The highest BCUT2D eigenvalue weighted by Crippen LogP contribution is 2.19. The Balaban J connectivity index is 1.75. The molecule has 2 aromatic rings. The van der Waals surface area contributed by atoms with Crippen LogP contribution in [0, 0.1) is 11.3 Å². The van der Waals surface area contributed by atoms with Gasteiger partial charge in [0.05, 0.1) is 13.2 Å². The molecule has 3 rings (SSSR count). The molecule has 1 heterocycles. The predicted octanol–water partition coefficient (Wildman–Crippen LogP) is 4.27. The Hall–Kier alpha value is -2.90. The standard InChI is InChI=1S/C23H24N2O2/c1-2-3-18-4-8-20(9-5-18)23(26)21(17-24)16-19-6-10-22(11-7-19)25-12-14-27-15-13-25/h4-11,16H,2-3,12-15H2,1H3/b21-16+. The zero-order valence-electron chi connectivity index (χ0n) is 15.6. The van der Waals surface area contributed by atoms with E-state index in [1.807, 2.05) is 36.4 Å². The van der Waals surface area contributed by atoms with Crippen LogP contribution < -0.4 is 4.90 Å². The van der Waals surface area contributed by atoms with Gasteiger partial charge in [0.25, 0.3) is 0 Å². The van der Waals surface area contributed by atoms with Gasteiger partial charge in [-0.05, 0) is 35.8 Å². The zero-order chi connectivity index (χ0) is 19.1. The molecule has 0 amide bonds. The number of hydrogen-bond donors (Lipinski definition) is 0. The second-order valence-electron chi connectivity index (χ2n) is 6.64. The Labute approximate surface area is 160 Å². The summed E-state index contributed by atoms with van der Waals surface area (Å²) in [4.78, 5) is 14.9. The van der Waals surface area contributed by atoms with Gasteiger partial charge in [-0.2, -0.15) is 5.26 Å². The molecule has 0 saturated carbocycles. The van der Waals surface area contributed by atoms with Gasteiger partial charge < -0.3 is 9.64 Å². The minimum atomic E-state index is -0.238. The molecule has 4 heteroatoms. The quantitative estimate of drug-likeness (QED) is 0.439. The maximum absolute atomic E-state index is 12.7. The van der Waals surface area contributed by atoms with Crippen LogP contribution in [0.3, 0.4) is 0 Å². The predicted molar refractivity (Wildman–Crippen MR) is 108 cm³/mol. The molecular formula is C23H24N2O2. The van der Waals surface area contributed by atoms with Gasteiger partial charge in [-0.25, -0.2) is 0 Å². The molecule has 4 nitrogen and oxygen atoms in total. The summed E-state index contributed by atoms with van der Waals surface area (Å²) in [5, 5.41) is 9.46. The van der Waals surface area contributed by atoms with Crippen LogP contribution in [0.4, 0.5) is 5.69 Å². The van der Waals surface area contributed by atoms with Crippen LogP contribution in [-0.2, 0) is 11.2 Å². The number of anilines is 1. The molecule has 0 spiro atoms. The van der Waals surface area contributed by atoms with E-state index >= 15 is 0 Å². The Kier molecular flexibility index (Phi) is 6.40. The molecule has 0 atom stereocenters. The first kappa shape index (κ1) is 18.9. The summed E-state index contributed by atoms with van der Waals surface area (Å²) in [6.07, 6.45) is 3.72. The number of allylic oxidation sites excluding steroid dienone is 1. The average molecular weight is 360 g/mol. The van der Waals surface area contributed by atoms with Crippen molar-refractivity contribution >= 4 is 17.5 Å². The van der Waals surface area contributed by atoms with E-state index in [1.165, 1.54) is 5.56 Å². The van der Waals surface area contributed by atoms with Gasteiger partial charge in [-0.15, -0.1) is 0 Å². The Morgan fingerprint density at radius 2 is 1.78 bits per heavy atom. The molecule has 0 aliphatic carbocycles. The summed E-state index contributed by atoms with van der Waals surface area (Å²) < 4.78 is 5.38. The van der Waals surface area contributed by atoms with Crippen molar-refractivity contribution in [1.82, 2.24) is 0 Å². The molecule has 27 heavy (non-hydrogen) atoms. The number of carbonyl (C=O) groups is 1. The first-order valence-corrected chi connectivity index (χ1v) is 9.39. The lowest BCUT2D eigenvalue weighted by molar-refractivity contribution is 0.104. The Morgan fingerprint density at radius 1 is 1.11 bits per heavy atom. The number of carbonyl (C=O) groups excluding carboxylic acids is 1. The van der Waals surface area contributed by atoms with E-state index < -0.39 is 0 Å². The smallest absolute Gasteiger partial charge is 0.203 e. The van der Waals surface area contributed by atoms with E-state index in [0.29, 0.717) is 5.56 Å². The molecule has 1 saturated heterocycles. The van der Waals surface area contributed by atoms with Gasteiger partial charge in [0.2, 0.25) is 5.78 Å². The molecule has 0 aromatic heterocycles. The van der Waals surface area contributed by atoms with Crippen molar-refractivity contribution < 1.29 is 9.53 Å². The van der Waals surface area contributed by atoms with Gasteiger partial charge in [0, 0.05) is 24.3 Å². The van der Waals surface area contributed by atoms with Crippen molar-refractivity contribution in [2.75, 3.05) is 31.2 Å². The Morgan fingerprint density at radius 3 is 2.37 bits per heavy atom. The van der Waals surface area contributed by atoms with Crippen molar-refractivity contribution in [3.05, 3.63) is 70.8 Å². The lowest BCUT2D eigenvalue weighted by Gasteiger charge is -2.28. The van der Waals surface area contributed by atoms with Gasteiger partial charge in [0.1, 0.15) is 11.6 Å². The van der Waals surface area contributed by atoms with E-state index in [1.54, 1.807) is 18.2 Å².